The highest BCUT2D eigenvalue weighted by Crippen LogP contribution is 2.22. The van der Waals surface area contributed by atoms with Gasteiger partial charge >= 0.3 is 0 Å². The third-order valence-electron chi connectivity index (χ3n) is 16.9. The standard InChI is InChI=1S/C70H115N19O10/c1-40(2)32-55(60(75)90)85-67(97)58(35-43(7)8)87-64(94)53(26-15-18-30-73)81-62(92)52(25-14-17-29-72)84-69(99)59(37-45-39-80-50-23-12-10-21-47(45)50)89-65(95)54(27-19-31-78-70(76)77)82-63(93)51(24-13-16-28-71)83-66(96)57(34-42(5)6)88-68(98)56(33-41(3)4)86-61(91)48(74)36-44-38-79-49-22-11-9-20-46(44)49/h9-12,20-23,38-43,48,51-59,79-80H,13-19,24-37,71-74H2,1-8H3,(H2,75,90)(H,81,92)(H,82,93)(H,83,96)(H,84,99)(H,85,97)(H,86,91)(H,87,94)(H,88,98)(H,89,95)(H4,76,77,78)/t48-,51-,52-,53-,54-,55-,56-,57-,58-,59-/m0/s1. The molecule has 550 valence electrons. The molecule has 0 radical (unpaired) electrons. The third-order valence-corrected chi connectivity index (χ3v) is 16.9. The number of para-hydroxylation sites is 2. The average molecular weight is 1380 g/mol. The average Bonchev–Trinajstić information content (AvgIpc) is 1.74. The van der Waals surface area contributed by atoms with Crippen molar-refractivity contribution in [3.8, 4) is 0 Å². The van der Waals surface area contributed by atoms with Crippen molar-refractivity contribution in [3.05, 3.63) is 72.1 Å². The van der Waals surface area contributed by atoms with Gasteiger partial charge in [-0.05, 0) is 169 Å². The molecule has 0 saturated heterocycles. The first-order valence-electron chi connectivity index (χ1n) is 35.1. The Morgan fingerprint density at radius 3 is 1.02 bits per heavy atom. The number of nitrogens with one attached hydrogen (secondary N) is 11. The van der Waals surface area contributed by atoms with Gasteiger partial charge < -0.3 is 98.0 Å². The van der Waals surface area contributed by atoms with Gasteiger partial charge in [-0.25, -0.2) is 0 Å². The van der Waals surface area contributed by atoms with E-state index in [2.05, 4.69) is 62.8 Å². The lowest BCUT2D eigenvalue weighted by Gasteiger charge is -2.29. The minimum absolute atomic E-state index is 0.00461. The van der Waals surface area contributed by atoms with Crippen LogP contribution in [0.1, 0.15) is 163 Å². The number of hydrogen-bond donors (Lipinski definition) is 18. The molecule has 0 fully saturated rings. The minimum atomic E-state index is -1.43. The normalized spacial score (nSPS) is 14.6. The molecule has 2 aromatic carbocycles. The zero-order valence-corrected chi connectivity index (χ0v) is 59.3. The summed E-state index contributed by atoms with van der Waals surface area (Å²) in [5, 5.41) is 27.0. The first kappa shape index (κ1) is 82.8. The molecule has 2 heterocycles. The van der Waals surface area contributed by atoms with Gasteiger partial charge in [0.1, 0.15) is 54.4 Å². The molecule has 0 aliphatic rings. The quantitative estimate of drug-likeness (QED) is 0.0168. The molecule has 0 aliphatic carbocycles. The molecule has 0 unspecified atom stereocenters. The Morgan fingerprint density at radius 1 is 0.374 bits per heavy atom. The number of nitrogens with zero attached hydrogens (tertiary/aromatic N) is 1. The number of fused-ring (bicyclic) bond motifs is 2. The lowest BCUT2D eigenvalue weighted by molar-refractivity contribution is -0.136. The second-order valence-corrected chi connectivity index (χ2v) is 27.5. The summed E-state index contributed by atoms with van der Waals surface area (Å²) < 4.78 is 0. The van der Waals surface area contributed by atoms with Crippen molar-refractivity contribution in [2.45, 2.75) is 225 Å². The van der Waals surface area contributed by atoms with Gasteiger partial charge in [0.25, 0.3) is 0 Å². The monoisotopic (exact) mass is 1380 g/mol. The van der Waals surface area contributed by atoms with Crippen molar-refractivity contribution >= 4 is 86.8 Å². The number of nitrogens with two attached hydrogens (primary N) is 7. The van der Waals surface area contributed by atoms with Crippen LogP contribution < -0.4 is 88.0 Å². The second-order valence-electron chi connectivity index (χ2n) is 27.5. The van der Waals surface area contributed by atoms with Crippen molar-refractivity contribution in [3.63, 3.8) is 0 Å². The van der Waals surface area contributed by atoms with Crippen LogP contribution in [0.5, 0.6) is 0 Å². The van der Waals surface area contributed by atoms with Gasteiger partial charge in [-0.2, -0.15) is 0 Å². The molecule has 4 rings (SSSR count). The van der Waals surface area contributed by atoms with E-state index in [1.807, 2.05) is 104 Å². The van der Waals surface area contributed by atoms with E-state index < -0.39 is 119 Å². The molecule has 29 nitrogen and oxygen atoms in total. The summed E-state index contributed by atoms with van der Waals surface area (Å²) in [6.07, 6.45) is 7.08. The Morgan fingerprint density at radius 2 is 0.667 bits per heavy atom. The van der Waals surface area contributed by atoms with Crippen molar-refractivity contribution in [2.75, 3.05) is 26.2 Å². The summed E-state index contributed by atoms with van der Waals surface area (Å²) >= 11 is 0. The van der Waals surface area contributed by atoms with E-state index in [1.54, 1.807) is 12.4 Å². The van der Waals surface area contributed by atoms with E-state index in [-0.39, 0.29) is 126 Å². The highest BCUT2D eigenvalue weighted by Gasteiger charge is 2.37. The molecule has 10 atom stereocenters. The fourth-order valence-corrected chi connectivity index (χ4v) is 11.7. The highest BCUT2D eigenvalue weighted by molar-refractivity contribution is 5.99. The summed E-state index contributed by atoms with van der Waals surface area (Å²) in [7, 11) is 0. The number of aromatic nitrogens is 2. The molecule has 0 spiro atoms. The maximum absolute atomic E-state index is 15.1. The molecule has 29 heteroatoms. The Bertz CT molecular complexity index is 3270. The Hall–Kier alpha value is -8.67. The number of benzene rings is 2. The lowest BCUT2D eigenvalue weighted by atomic mass is 9.98. The Labute approximate surface area is 582 Å². The number of amides is 10. The Kier molecular flexibility index (Phi) is 35.9. The van der Waals surface area contributed by atoms with Gasteiger partial charge in [0.05, 0.1) is 6.04 Å². The predicted octanol–water partition coefficient (Wildman–Crippen LogP) is 1.24. The summed E-state index contributed by atoms with van der Waals surface area (Å²) in [4.78, 5) is 154. The van der Waals surface area contributed by atoms with Crippen LogP contribution in [0, 0.1) is 23.7 Å². The summed E-state index contributed by atoms with van der Waals surface area (Å²) in [5.41, 5.74) is 44.3. The number of aromatic amines is 2. The van der Waals surface area contributed by atoms with Gasteiger partial charge in [0.2, 0.25) is 59.1 Å². The first-order chi connectivity index (χ1) is 47.0. The smallest absolute Gasteiger partial charge is 0.243 e. The fraction of sp³-hybridized carbons (Fsp3) is 0.614. The van der Waals surface area contributed by atoms with Gasteiger partial charge in [0, 0.05) is 47.2 Å². The van der Waals surface area contributed by atoms with Crippen LogP contribution in [-0.2, 0) is 60.8 Å². The highest BCUT2D eigenvalue weighted by atomic mass is 16.2. The number of carbonyl (C=O) groups excluding carboxylic acids is 10. The van der Waals surface area contributed by atoms with Crippen LogP contribution in [0.15, 0.2) is 65.9 Å². The number of H-pyrrole nitrogens is 2. The van der Waals surface area contributed by atoms with Crippen LogP contribution in [0.2, 0.25) is 0 Å². The van der Waals surface area contributed by atoms with Crippen LogP contribution in [0.4, 0.5) is 0 Å². The third kappa shape index (κ3) is 29.0. The van der Waals surface area contributed by atoms with E-state index in [9.17, 15) is 38.4 Å². The molecular formula is C70H115N19O10. The van der Waals surface area contributed by atoms with Gasteiger partial charge in [-0.1, -0.05) is 91.8 Å². The summed E-state index contributed by atoms with van der Waals surface area (Å²) in [6, 6.07) is 2.83. The molecule has 0 bridgehead atoms. The summed E-state index contributed by atoms with van der Waals surface area (Å²) in [6.45, 7) is 15.8. The van der Waals surface area contributed by atoms with E-state index in [1.165, 1.54) is 0 Å². The minimum Gasteiger partial charge on any atom is -0.370 e. The van der Waals surface area contributed by atoms with Gasteiger partial charge in [0.15, 0.2) is 5.96 Å². The van der Waals surface area contributed by atoms with Crippen molar-refractivity contribution in [1.29, 1.82) is 0 Å². The molecule has 0 saturated carbocycles. The number of guanidine groups is 1. The summed E-state index contributed by atoms with van der Waals surface area (Å²) in [5.74, 6) is -7.64. The second kappa shape index (κ2) is 43.0. The van der Waals surface area contributed by atoms with Crippen LogP contribution in [-0.4, -0.2) is 162 Å². The van der Waals surface area contributed by atoms with Crippen molar-refractivity contribution in [1.82, 2.24) is 57.8 Å². The molecule has 2 aromatic heterocycles. The number of unbranched alkanes of at least 4 members (excludes halogenated alkanes) is 3. The van der Waals surface area contributed by atoms with Gasteiger partial charge in [-0.3, -0.25) is 52.9 Å². The number of carbonyl (C=O) groups is 10. The van der Waals surface area contributed by atoms with Crippen LogP contribution in [0.3, 0.4) is 0 Å². The van der Waals surface area contributed by atoms with E-state index >= 15 is 9.59 Å². The number of aliphatic imine (C=N–C) groups is 1. The van der Waals surface area contributed by atoms with E-state index in [0.717, 1.165) is 27.4 Å². The van der Waals surface area contributed by atoms with Gasteiger partial charge in [-0.15, -0.1) is 0 Å². The maximum atomic E-state index is 15.1. The molecule has 25 N–H and O–H groups in total. The number of hydrogen-bond acceptors (Lipinski definition) is 15. The van der Waals surface area contributed by atoms with Crippen LogP contribution >= 0.6 is 0 Å². The van der Waals surface area contributed by atoms with E-state index in [0.29, 0.717) is 44.1 Å². The molecule has 0 aliphatic heterocycles. The van der Waals surface area contributed by atoms with Crippen molar-refractivity contribution < 1.29 is 47.9 Å². The molecule has 10 amide bonds. The number of rotatable bonds is 47. The SMILES string of the molecule is CC(C)C[C@H](NC(=O)[C@H](CC(C)C)NC(=O)[C@H](CCCCN)NC(=O)[C@H](CCCCN)NC(=O)[C@H](Cc1c[nH]c2ccccc12)NC(=O)[C@H](CCCN=C(N)N)NC(=O)[C@H](CCCCN)NC(=O)[C@H](CC(C)C)NC(=O)[C@H](CC(C)C)NC(=O)[C@@H](N)Cc1c[nH]c2ccccc12)C(N)=O. The largest absolute Gasteiger partial charge is 0.370 e. The maximum Gasteiger partial charge on any atom is 0.243 e. The van der Waals surface area contributed by atoms with E-state index in [4.69, 9.17) is 40.1 Å². The molecule has 99 heavy (non-hydrogen) atoms. The number of primary amides is 1. The van der Waals surface area contributed by atoms with Crippen LogP contribution in [0.25, 0.3) is 21.8 Å². The zero-order chi connectivity index (χ0) is 73.3. The van der Waals surface area contributed by atoms with Crippen molar-refractivity contribution in [2.24, 2.45) is 68.8 Å². The lowest BCUT2D eigenvalue weighted by Crippen LogP contribution is -2.61. The topological polar surface area (TPSA) is 505 Å². The molecule has 4 aromatic rings. The predicted molar refractivity (Wildman–Crippen MR) is 385 cm³/mol. The molecular weight excluding hydrogens is 1270 g/mol. The Balaban J connectivity index is 1.68. The first-order valence-corrected chi connectivity index (χ1v) is 35.1. The zero-order valence-electron chi connectivity index (χ0n) is 59.3. The fourth-order valence-electron chi connectivity index (χ4n) is 11.7.